The molecule has 2 aromatic rings. The number of anilines is 1. The van der Waals surface area contributed by atoms with Crippen LogP contribution in [0, 0.1) is 13.8 Å². The van der Waals surface area contributed by atoms with E-state index in [1.165, 1.54) is 0 Å². The summed E-state index contributed by atoms with van der Waals surface area (Å²) in [5.74, 6) is -0.341. The van der Waals surface area contributed by atoms with Crippen molar-refractivity contribution in [3.63, 3.8) is 0 Å². The maximum atomic E-state index is 12.9. The lowest BCUT2D eigenvalue weighted by atomic mass is 10.0. The molecule has 0 fully saturated rings. The summed E-state index contributed by atoms with van der Waals surface area (Å²) >= 11 is 0. The Bertz CT molecular complexity index is 1280. The zero-order valence-corrected chi connectivity index (χ0v) is 20.8. The monoisotopic (exact) mass is 487 g/mol. The minimum Gasteiger partial charge on any atom is -0.400 e. The Morgan fingerprint density at radius 1 is 1.14 bits per heavy atom. The molecular formula is C28H33N5O3. The van der Waals surface area contributed by atoms with E-state index in [1.807, 2.05) is 50.3 Å². The van der Waals surface area contributed by atoms with Gasteiger partial charge in [-0.05, 0) is 63.3 Å². The number of carbonyl (C=O) groups is 3. The fraction of sp³-hybridized carbons (Fsp3) is 0.321. The van der Waals surface area contributed by atoms with Crippen LogP contribution in [0.1, 0.15) is 71.4 Å². The number of allylic oxidation sites excluding steroid dienone is 3. The van der Waals surface area contributed by atoms with Gasteiger partial charge in [0.15, 0.2) is 0 Å². The maximum absolute atomic E-state index is 12.9. The summed E-state index contributed by atoms with van der Waals surface area (Å²) in [6, 6.07) is 7.55. The lowest BCUT2D eigenvalue weighted by molar-refractivity contribution is -0.120. The predicted molar refractivity (Wildman–Crippen MR) is 142 cm³/mol. The number of nitrogens with two attached hydrogens (primary N) is 1. The van der Waals surface area contributed by atoms with Gasteiger partial charge in [0, 0.05) is 41.3 Å². The van der Waals surface area contributed by atoms with E-state index >= 15 is 0 Å². The van der Waals surface area contributed by atoms with Crippen LogP contribution in [-0.4, -0.2) is 29.3 Å². The van der Waals surface area contributed by atoms with Gasteiger partial charge in [-0.1, -0.05) is 30.7 Å². The highest BCUT2D eigenvalue weighted by molar-refractivity contribution is 6.34. The van der Waals surface area contributed by atoms with E-state index < -0.39 is 0 Å². The molecule has 36 heavy (non-hydrogen) atoms. The molecule has 4 rings (SSSR count). The second-order valence-electron chi connectivity index (χ2n) is 9.22. The summed E-state index contributed by atoms with van der Waals surface area (Å²) in [5, 5.41) is 8.72. The van der Waals surface area contributed by atoms with Gasteiger partial charge in [-0.3, -0.25) is 14.4 Å². The number of fused-ring (bicyclic) bond motifs is 1. The number of carbonyl (C=O) groups excluding carboxylic acids is 3. The third kappa shape index (κ3) is 5.59. The van der Waals surface area contributed by atoms with Crippen LogP contribution in [0.25, 0.3) is 11.6 Å². The molecule has 1 aromatic carbocycles. The van der Waals surface area contributed by atoms with E-state index in [0.717, 1.165) is 66.0 Å². The number of hydrogen-bond acceptors (Lipinski definition) is 4. The van der Waals surface area contributed by atoms with Crippen molar-refractivity contribution in [2.24, 2.45) is 5.73 Å². The second-order valence-corrected chi connectivity index (χ2v) is 9.22. The van der Waals surface area contributed by atoms with Gasteiger partial charge in [0.25, 0.3) is 11.8 Å². The van der Waals surface area contributed by atoms with E-state index in [4.69, 9.17) is 5.73 Å². The molecule has 8 heteroatoms. The van der Waals surface area contributed by atoms with Crippen molar-refractivity contribution >= 4 is 35.1 Å². The highest BCUT2D eigenvalue weighted by atomic mass is 16.2. The highest BCUT2D eigenvalue weighted by Crippen LogP contribution is 2.33. The minimum atomic E-state index is -0.155. The van der Waals surface area contributed by atoms with Crippen molar-refractivity contribution in [2.45, 2.75) is 52.4 Å². The molecular weight excluding hydrogens is 454 g/mol. The largest absolute Gasteiger partial charge is 0.400 e. The van der Waals surface area contributed by atoms with Gasteiger partial charge in [-0.15, -0.1) is 0 Å². The molecule has 1 aliphatic heterocycles. The molecule has 8 nitrogen and oxygen atoms in total. The first-order valence-electron chi connectivity index (χ1n) is 12.4. The zero-order chi connectivity index (χ0) is 25.7. The van der Waals surface area contributed by atoms with Gasteiger partial charge in [0.05, 0.1) is 16.8 Å². The molecule has 1 aliphatic carbocycles. The first-order valence-corrected chi connectivity index (χ1v) is 12.4. The van der Waals surface area contributed by atoms with Crippen LogP contribution in [0.5, 0.6) is 0 Å². The van der Waals surface area contributed by atoms with Gasteiger partial charge >= 0.3 is 0 Å². The average molecular weight is 488 g/mol. The van der Waals surface area contributed by atoms with Gasteiger partial charge in [-0.25, -0.2) is 0 Å². The van der Waals surface area contributed by atoms with Crippen molar-refractivity contribution in [3.05, 3.63) is 75.9 Å². The normalized spacial score (nSPS) is 15.7. The summed E-state index contributed by atoms with van der Waals surface area (Å²) in [6.07, 6.45) is 10.1. The second kappa shape index (κ2) is 11.1. The molecule has 1 aromatic heterocycles. The van der Waals surface area contributed by atoms with Crippen LogP contribution in [0.4, 0.5) is 5.69 Å². The number of aryl methyl sites for hydroxylation is 1. The lowest BCUT2D eigenvalue weighted by Gasteiger charge is -2.13. The van der Waals surface area contributed by atoms with Gasteiger partial charge in [-0.2, -0.15) is 0 Å². The van der Waals surface area contributed by atoms with Crippen LogP contribution in [-0.2, 0) is 9.59 Å². The molecule has 0 bridgehead atoms. The van der Waals surface area contributed by atoms with E-state index in [9.17, 15) is 14.4 Å². The van der Waals surface area contributed by atoms with Crippen LogP contribution in [0.15, 0.2) is 47.8 Å². The van der Waals surface area contributed by atoms with Gasteiger partial charge < -0.3 is 26.7 Å². The lowest BCUT2D eigenvalue weighted by Crippen LogP contribution is -2.26. The Morgan fingerprint density at radius 2 is 1.94 bits per heavy atom. The smallest absolute Gasteiger partial charge is 0.256 e. The molecule has 0 atom stereocenters. The topological polar surface area (TPSA) is 129 Å². The molecule has 0 unspecified atom stereocenters. The summed E-state index contributed by atoms with van der Waals surface area (Å²) in [6.45, 7) is 4.26. The highest BCUT2D eigenvalue weighted by Gasteiger charge is 2.25. The quantitative estimate of drug-likeness (QED) is 0.270. The van der Waals surface area contributed by atoms with Crippen LogP contribution in [0.3, 0.4) is 0 Å². The molecule has 0 radical (unpaired) electrons. The number of nitrogens with one attached hydrogen (secondary N) is 4. The van der Waals surface area contributed by atoms with E-state index in [1.54, 1.807) is 6.08 Å². The van der Waals surface area contributed by atoms with Gasteiger partial charge in [0.2, 0.25) is 5.91 Å². The standard InChI is InChI=1S/C28H33N5O3/c1-17-24(16-20-19-10-5-7-12-22(19)33-27(20)35)31-18(2)26(17)28(36)30-15-9-3-4-14-25(34)32-23-13-8-6-11-21(23)29/h5,7-8,10,12-13,16,31H,3-4,6,9,11,14-15,29H2,1-2H3,(H,30,36)(H,32,34)(H,33,35)/b20-16-. The number of benzene rings is 1. The van der Waals surface area contributed by atoms with Crippen molar-refractivity contribution in [3.8, 4) is 0 Å². The molecule has 188 valence electrons. The summed E-state index contributed by atoms with van der Waals surface area (Å²) < 4.78 is 0. The Kier molecular flexibility index (Phi) is 7.73. The van der Waals surface area contributed by atoms with E-state index in [0.29, 0.717) is 29.8 Å². The van der Waals surface area contributed by atoms with Crippen molar-refractivity contribution in [1.82, 2.24) is 15.6 Å². The molecule has 0 saturated carbocycles. The number of unbranched alkanes of at least 4 members (excludes halogenated alkanes) is 2. The van der Waals surface area contributed by atoms with Crippen LogP contribution >= 0.6 is 0 Å². The number of aromatic amines is 1. The van der Waals surface area contributed by atoms with E-state index in [-0.39, 0.29) is 17.7 Å². The Hall–Kier alpha value is -4.07. The molecule has 6 N–H and O–H groups in total. The Morgan fingerprint density at radius 3 is 2.75 bits per heavy atom. The summed E-state index contributed by atoms with van der Waals surface area (Å²) in [7, 11) is 0. The van der Waals surface area contributed by atoms with Crippen molar-refractivity contribution in [1.29, 1.82) is 0 Å². The minimum absolute atomic E-state index is 0.0395. The van der Waals surface area contributed by atoms with Gasteiger partial charge in [0.1, 0.15) is 0 Å². The molecule has 2 heterocycles. The number of aromatic nitrogens is 1. The average Bonchev–Trinajstić information content (AvgIpc) is 3.32. The SMILES string of the molecule is Cc1[nH]c(/C=C2\C(=O)Nc3ccccc32)c(C)c1C(=O)NCCCCCC(=O)NC1=C(N)CCC=C1. The fourth-order valence-electron chi connectivity index (χ4n) is 4.58. The molecule has 2 aliphatic rings. The van der Waals surface area contributed by atoms with Crippen molar-refractivity contribution in [2.75, 3.05) is 11.9 Å². The number of rotatable bonds is 9. The van der Waals surface area contributed by atoms with Crippen LogP contribution < -0.4 is 21.7 Å². The third-order valence-corrected chi connectivity index (χ3v) is 6.55. The summed E-state index contributed by atoms with van der Waals surface area (Å²) in [4.78, 5) is 40.7. The Balaban J connectivity index is 1.26. The molecule has 0 spiro atoms. The maximum Gasteiger partial charge on any atom is 0.256 e. The number of H-pyrrole nitrogens is 1. The van der Waals surface area contributed by atoms with E-state index in [2.05, 4.69) is 20.9 Å². The summed E-state index contributed by atoms with van der Waals surface area (Å²) in [5.41, 5.74) is 12.5. The third-order valence-electron chi connectivity index (χ3n) is 6.55. The number of amides is 3. The fourth-order valence-corrected chi connectivity index (χ4v) is 4.58. The predicted octanol–water partition coefficient (Wildman–Crippen LogP) is 4.05. The Labute approximate surface area is 211 Å². The molecule has 3 amide bonds. The number of hydrogen-bond donors (Lipinski definition) is 5. The first kappa shape index (κ1) is 25.0. The van der Waals surface area contributed by atoms with Crippen molar-refractivity contribution < 1.29 is 14.4 Å². The first-order chi connectivity index (χ1) is 17.3. The molecule has 0 saturated heterocycles. The zero-order valence-electron chi connectivity index (χ0n) is 20.8. The number of para-hydroxylation sites is 1. The van der Waals surface area contributed by atoms with Crippen LogP contribution in [0.2, 0.25) is 0 Å².